The molecule has 0 atom stereocenters. The van der Waals surface area contributed by atoms with Crippen LogP contribution in [0.25, 0.3) is 21.3 Å². The fraction of sp³-hybridized carbons (Fsp3) is 0.136. The van der Waals surface area contributed by atoms with Gasteiger partial charge in [-0.3, -0.25) is 9.36 Å². The molecule has 2 aromatic heterocycles. The zero-order valence-electron chi connectivity index (χ0n) is 15.6. The molecular formula is C22H17FN2O3S. The van der Waals surface area contributed by atoms with E-state index in [1.165, 1.54) is 34.4 Å². The highest BCUT2D eigenvalue weighted by molar-refractivity contribution is 7.17. The Morgan fingerprint density at radius 3 is 2.55 bits per heavy atom. The minimum atomic E-state index is -0.374. The summed E-state index contributed by atoms with van der Waals surface area (Å²) < 4.78 is 19.8. The van der Waals surface area contributed by atoms with Gasteiger partial charge in [0.1, 0.15) is 10.6 Å². The van der Waals surface area contributed by atoms with Crippen molar-refractivity contribution in [2.75, 3.05) is 6.61 Å². The SMILES string of the molecule is CCOC(=O)c1ccc(Cn2cnc3scc(-c4ccc(F)cc4)c3c2=O)cc1. The van der Waals surface area contributed by atoms with Gasteiger partial charge in [0.15, 0.2) is 0 Å². The lowest BCUT2D eigenvalue weighted by atomic mass is 10.1. The number of fused-ring (bicyclic) bond motifs is 1. The first kappa shape index (κ1) is 19.0. The van der Waals surface area contributed by atoms with Gasteiger partial charge in [-0.15, -0.1) is 11.3 Å². The van der Waals surface area contributed by atoms with Gasteiger partial charge < -0.3 is 4.74 Å². The Hall–Kier alpha value is -3.32. The lowest BCUT2D eigenvalue weighted by Crippen LogP contribution is -2.21. The number of carbonyl (C=O) groups is 1. The predicted octanol–water partition coefficient (Wildman–Crippen LogP) is 4.49. The molecule has 4 rings (SSSR count). The highest BCUT2D eigenvalue weighted by Gasteiger charge is 2.14. The molecular weight excluding hydrogens is 391 g/mol. The number of benzene rings is 2. The van der Waals surface area contributed by atoms with Gasteiger partial charge in [0, 0.05) is 10.9 Å². The van der Waals surface area contributed by atoms with Gasteiger partial charge in [-0.25, -0.2) is 14.2 Å². The lowest BCUT2D eigenvalue weighted by molar-refractivity contribution is 0.0526. The number of hydrogen-bond acceptors (Lipinski definition) is 5. The fourth-order valence-electron chi connectivity index (χ4n) is 3.08. The fourth-order valence-corrected chi connectivity index (χ4v) is 3.99. The lowest BCUT2D eigenvalue weighted by Gasteiger charge is -2.08. The second kappa shape index (κ2) is 7.97. The highest BCUT2D eigenvalue weighted by atomic mass is 32.1. The molecule has 0 amide bonds. The molecule has 0 aliphatic carbocycles. The summed E-state index contributed by atoms with van der Waals surface area (Å²) in [4.78, 5) is 29.9. The molecule has 0 bridgehead atoms. The molecule has 0 saturated heterocycles. The number of nitrogens with zero attached hydrogens (tertiary/aromatic N) is 2. The van der Waals surface area contributed by atoms with Crippen molar-refractivity contribution in [1.82, 2.24) is 9.55 Å². The van der Waals surface area contributed by atoms with Gasteiger partial charge in [0.25, 0.3) is 5.56 Å². The van der Waals surface area contributed by atoms with Gasteiger partial charge in [-0.1, -0.05) is 24.3 Å². The van der Waals surface area contributed by atoms with Crippen molar-refractivity contribution in [2.24, 2.45) is 0 Å². The number of thiophene rings is 1. The summed E-state index contributed by atoms with van der Waals surface area (Å²) in [6.45, 7) is 2.40. The summed E-state index contributed by atoms with van der Waals surface area (Å²) in [7, 11) is 0. The van der Waals surface area contributed by atoms with Crippen molar-refractivity contribution in [1.29, 1.82) is 0 Å². The minimum Gasteiger partial charge on any atom is -0.462 e. The summed E-state index contributed by atoms with van der Waals surface area (Å²) in [5.41, 5.74) is 2.68. The monoisotopic (exact) mass is 408 g/mol. The third kappa shape index (κ3) is 3.82. The molecule has 7 heteroatoms. The molecule has 0 saturated carbocycles. The molecule has 0 aliphatic rings. The Bertz CT molecular complexity index is 1230. The van der Waals surface area contributed by atoms with E-state index in [0.29, 0.717) is 28.9 Å². The van der Waals surface area contributed by atoms with Gasteiger partial charge in [-0.2, -0.15) is 0 Å². The quantitative estimate of drug-likeness (QED) is 0.457. The first-order valence-corrected chi connectivity index (χ1v) is 9.93. The van der Waals surface area contributed by atoms with Crippen LogP contribution in [0.1, 0.15) is 22.8 Å². The zero-order valence-corrected chi connectivity index (χ0v) is 16.4. The van der Waals surface area contributed by atoms with Crippen LogP contribution < -0.4 is 5.56 Å². The second-order valence-corrected chi connectivity index (χ2v) is 7.29. The van der Waals surface area contributed by atoms with Crippen LogP contribution >= 0.6 is 11.3 Å². The van der Waals surface area contributed by atoms with Crippen molar-refractivity contribution in [3.05, 3.63) is 87.5 Å². The van der Waals surface area contributed by atoms with E-state index in [-0.39, 0.29) is 17.3 Å². The summed E-state index contributed by atoms with van der Waals surface area (Å²) in [5, 5.41) is 2.39. The molecule has 0 aliphatic heterocycles. The number of hydrogen-bond donors (Lipinski definition) is 0. The van der Waals surface area contributed by atoms with E-state index in [0.717, 1.165) is 16.7 Å². The number of esters is 1. The average molecular weight is 408 g/mol. The highest BCUT2D eigenvalue weighted by Crippen LogP contribution is 2.30. The summed E-state index contributed by atoms with van der Waals surface area (Å²) in [6.07, 6.45) is 1.52. The van der Waals surface area contributed by atoms with E-state index in [2.05, 4.69) is 4.98 Å². The summed E-state index contributed by atoms with van der Waals surface area (Å²) in [5.74, 6) is -0.698. The van der Waals surface area contributed by atoms with Crippen molar-refractivity contribution >= 4 is 27.5 Å². The predicted molar refractivity (Wildman–Crippen MR) is 111 cm³/mol. The maximum atomic E-state index is 13.2. The molecule has 0 spiro atoms. The smallest absolute Gasteiger partial charge is 0.338 e. The van der Waals surface area contributed by atoms with Crippen LogP contribution in [0.2, 0.25) is 0 Å². The third-order valence-electron chi connectivity index (χ3n) is 4.53. The van der Waals surface area contributed by atoms with Gasteiger partial charge in [0.2, 0.25) is 0 Å². The first-order chi connectivity index (χ1) is 14.1. The first-order valence-electron chi connectivity index (χ1n) is 9.05. The van der Waals surface area contributed by atoms with Crippen molar-refractivity contribution < 1.29 is 13.9 Å². The van der Waals surface area contributed by atoms with Crippen LogP contribution in [0.3, 0.4) is 0 Å². The van der Waals surface area contributed by atoms with Gasteiger partial charge in [-0.05, 0) is 42.3 Å². The average Bonchev–Trinajstić information content (AvgIpc) is 3.16. The topological polar surface area (TPSA) is 61.2 Å². The molecule has 0 N–H and O–H groups in total. The van der Waals surface area contributed by atoms with E-state index in [1.54, 1.807) is 43.3 Å². The van der Waals surface area contributed by atoms with E-state index >= 15 is 0 Å². The molecule has 5 nitrogen and oxygen atoms in total. The standard InChI is InChI=1S/C22H17FN2O3S/c1-2-28-22(27)16-5-3-14(4-6-16)11-25-13-24-20-19(21(25)26)18(12-29-20)15-7-9-17(23)10-8-15/h3-10,12-13H,2,11H2,1H3. The Morgan fingerprint density at radius 2 is 1.86 bits per heavy atom. The van der Waals surface area contributed by atoms with Crippen LogP contribution in [-0.2, 0) is 11.3 Å². The molecule has 0 fully saturated rings. The van der Waals surface area contributed by atoms with Crippen LogP contribution in [0.5, 0.6) is 0 Å². The van der Waals surface area contributed by atoms with Gasteiger partial charge in [0.05, 0.1) is 30.4 Å². The van der Waals surface area contributed by atoms with Crippen LogP contribution in [0.15, 0.2) is 65.0 Å². The maximum Gasteiger partial charge on any atom is 0.338 e. The Morgan fingerprint density at radius 1 is 1.14 bits per heavy atom. The van der Waals surface area contributed by atoms with E-state index in [9.17, 15) is 14.0 Å². The van der Waals surface area contributed by atoms with E-state index in [4.69, 9.17) is 4.74 Å². The molecule has 29 heavy (non-hydrogen) atoms. The summed E-state index contributed by atoms with van der Waals surface area (Å²) >= 11 is 1.38. The molecule has 2 aromatic carbocycles. The zero-order chi connectivity index (χ0) is 20.4. The molecule has 146 valence electrons. The van der Waals surface area contributed by atoms with Crippen molar-refractivity contribution in [3.63, 3.8) is 0 Å². The normalized spacial score (nSPS) is 11.0. The number of halogens is 1. The number of aromatic nitrogens is 2. The molecule has 0 radical (unpaired) electrons. The van der Waals surface area contributed by atoms with Gasteiger partial charge >= 0.3 is 5.97 Å². The molecule has 2 heterocycles. The van der Waals surface area contributed by atoms with Crippen LogP contribution in [0.4, 0.5) is 4.39 Å². The number of rotatable bonds is 5. The maximum absolute atomic E-state index is 13.2. The van der Waals surface area contributed by atoms with Crippen LogP contribution in [-0.4, -0.2) is 22.1 Å². The third-order valence-corrected chi connectivity index (χ3v) is 5.42. The minimum absolute atomic E-state index is 0.162. The molecule has 4 aromatic rings. The molecule has 0 unspecified atom stereocenters. The van der Waals surface area contributed by atoms with Crippen LogP contribution in [0, 0.1) is 5.82 Å². The van der Waals surface area contributed by atoms with Crippen molar-refractivity contribution in [2.45, 2.75) is 13.5 Å². The Balaban J connectivity index is 1.67. The van der Waals surface area contributed by atoms with Crippen molar-refractivity contribution in [3.8, 4) is 11.1 Å². The number of ether oxygens (including phenoxy) is 1. The Labute approximate surface area is 170 Å². The number of carbonyl (C=O) groups excluding carboxylic acids is 1. The largest absolute Gasteiger partial charge is 0.462 e. The van der Waals surface area contributed by atoms with E-state index < -0.39 is 0 Å². The Kier molecular flexibility index (Phi) is 5.22. The van der Waals surface area contributed by atoms with E-state index in [1.807, 2.05) is 5.38 Å². The second-order valence-electron chi connectivity index (χ2n) is 6.43. The summed E-state index contributed by atoms with van der Waals surface area (Å²) in [6, 6.07) is 13.0.